The van der Waals surface area contributed by atoms with Crippen molar-refractivity contribution in [2.75, 3.05) is 18.0 Å². The largest absolute Gasteiger partial charge is 0.455 e. The minimum absolute atomic E-state index is 0.144. The van der Waals surface area contributed by atoms with Crippen LogP contribution in [-0.4, -0.2) is 51.4 Å². The van der Waals surface area contributed by atoms with Gasteiger partial charge in [-0.25, -0.2) is 9.48 Å². The SMILES string of the molecule is C[C@H]1CCc2c(ccc(-n3cc(C4=CCN(C(=O)OC(C)(C)C)CC4)cn3)c2Oc2ccccc2)N1C(=O)C1CC1. The molecular formula is C33H38N4O4. The number of carbonyl (C=O) groups excluding carboxylic acids is 2. The number of anilines is 1. The van der Waals surface area contributed by atoms with Crippen LogP contribution in [0.1, 0.15) is 64.5 Å². The third-order valence-electron chi connectivity index (χ3n) is 7.92. The van der Waals surface area contributed by atoms with Crippen LogP contribution in [0.15, 0.2) is 60.9 Å². The van der Waals surface area contributed by atoms with Gasteiger partial charge in [0.2, 0.25) is 5.91 Å². The first kappa shape index (κ1) is 27.1. The van der Waals surface area contributed by atoms with Crippen molar-refractivity contribution < 1.29 is 19.1 Å². The smallest absolute Gasteiger partial charge is 0.410 e. The van der Waals surface area contributed by atoms with Gasteiger partial charge in [0.05, 0.1) is 11.9 Å². The molecule has 0 bridgehead atoms. The lowest BCUT2D eigenvalue weighted by molar-refractivity contribution is -0.120. The molecule has 41 heavy (non-hydrogen) atoms. The molecule has 8 nitrogen and oxygen atoms in total. The Balaban J connectivity index is 1.32. The molecule has 0 spiro atoms. The van der Waals surface area contributed by atoms with E-state index in [1.54, 1.807) is 4.90 Å². The molecule has 3 aromatic rings. The number of fused-ring (bicyclic) bond motifs is 1. The van der Waals surface area contributed by atoms with Gasteiger partial charge in [0.25, 0.3) is 0 Å². The number of amides is 2. The molecule has 1 saturated carbocycles. The highest BCUT2D eigenvalue weighted by atomic mass is 16.6. The van der Waals surface area contributed by atoms with Crippen molar-refractivity contribution in [2.24, 2.45) is 5.92 Å². The molecule has 3 aliphatic rings. The Morgan fingerprint density at radius 2 is 1.73 bits per heavy atom. The Bertz CT molecular complexity index is 1480. The quantitative estimate of drug-likeness (QED) is 0.348. The molecule has 0 N–H and O–H groups in total. The van der Waals surface area contributed by atoms with Crippen LogP contribution in [0.2, 0.25) is 0 Å². The zero-order chi connectivity index (χ0) is 28.7. The van der Waals surface area contributed by atoms with Gasteiger partial charge in [0.1, 0.15) is 17.0 Å². The molecule has 2 amide bonds. The van der Waals surface area contributed by atoms with Crippen molar-refractivity contribution in [3.63, 3.8) is 0 Å². The average molecular weight is 555 g/mol. The summed E-state index contributed by atoms with van der Waals surface area (Å²) in [5.74, 6) is 1.84. The second kappa shape index (κ2) is 10.7. The van der Waals surface area contributed by atoms with E-state index < -0.39 is 5.60 Å². The molecule has 0 unspecified atom stereocenters. The maximum atomic E-state index is 13.3. The fourth-order valence-corrected chi connectivity index (χ4v) is 5.60. The molecule has 2 aromatic carbocycles. The first-order valence-electron chi connectivity index (χ1n) is 14.6. The van der Waals surface area contributed by atoms with Crippen LogP contribution in [0, 0.1) is 5.92 Å². The average Bonchev–Trinajstić information content (AvgIpc) is 3.69. The van der Waals surface area contributed by atoms with Crippen LogP contribution in [0.5, 0.6) is 11.5 Å². The van der Waals surface area contributed by atoms with E-state index in [0.717, 1.165) is 71.7 Å². The van der Waals surface area contributed by atoms with Gasteiger partial charge < -0.3 is 19.3 Å². The Morgan fingerprint density at radius 1 is 0.976 bits per heavy atom. The number of para-hydroxylation sites is 1. The van der Waals surface area contributed by atoms with E-state index in [1.165, 1.54) is 0 Å². The topological polar surface area (TPSA) is 76.9 Å². The lowest BCUT2D eigenvalue weighted by Crippen LogP contribution is -2.43. The number of benzene rings is 2. The van der Waals surface area contributed by atoms with Crippen LogP contribution in [0.25, 0.3) is 11.3 Å². The molecule has 1 fully saturated rings. The maximum absolute atomic E-state index is 13.3. The molecule has 1 aliphatic carbocycles. The van der Waals surface area contributed by atoms with Gasteiger partial charge in [-0.3, -0.25) is 4.79 Å². The van der Waals surface area contributed by atoms with Crippen molar-refractivity contribution in [1.82, 2.24) is 14.7 Å². The van der Waals surface area contributed by atoms with E-state index >= 15 is 0 Å². The van der Waals surface area contributed by atoms with Gasteiger partial charge >= 0.3 is 6.09 Å². The van der Waals surface area contributed by atoms with Gasteiger partial charge in [-0.05, 0) is 89.6 Å². The molecule has 6 rings (SSSR count). The first-order valence-corrected chi connectivity index (χ1v) is 14.6. The number of hydrogen-bond acceptors (Lipinski definition) is 5. The first-order chi connectivity index (χ1) is 19.7. The van der Waals surface area contributed by atoms with Gasteiger partial charge in [-0.2, -0.15) is 5.10 Å². The standard InChI is InChI=1S/C33H38N4O4/c1-22-10-13-27-28(37(22)31(38)24-11-12-24)14-15-29(30(27)40-26-8-6-5-7-9-26)36-21-25(20-34-36)23-16-18-35(19-17-23)32(39)41-33(2,3)4/h5-9,14-16,20-22,24H,10-13,17-19H2,1-4H3/t22-/m0/s1. The third-order valence-corrected chi connectivity index (χ3v) is 7.92. The predicted molar refractivity (Wildman–Crippen MR) is 158 cm³/mol. The van der Waals surface area contributed by atoms with Gasteiger partial charge in [0.15, 0.2) is 5.75 Å². The van der Waals surface area contributed by atoms with Crippen molar-refractivity contribution in [3.05, 3.63) is 72.1 Å². The Hall–Kier alpha value is -4.07. The summed E-state index contributed by atoms with van der Waals surface area (Å²) >= 11 is 0. The fourth-order valence-electron chi connectivity index (χ4n) is 5.60. The van der Waals surface area contributed by atoms with Crippen molar-refractivity contribution in [2.45, 2.75) is 71.4 Å². The second-order valence-corrected chi connectivity index (χ2v) is 12.3. The molecule has 214 valence electrons. The van der Waals surface area contributed by atoms with E-state index in [1.807, 2.05) is 79.1 Å². The zero-order valence-corrected chi connectivity index (χ0v) is 24.3. The summed E-state index contributed by atoms with van der Waals surface area (Å²) in [7, 11) is 0. The van der Waals surface area contributed by atoms with E-state index in [-0.39, 0.29) is 24.0 Å². The Kier molecular flexibility index (Phi) is 7.09. The summed E-state index contributed by atoms with van der Waals surface area (Å²) in [6.45, 7) is 8.87. The summed E-state index contributed by atoms with van der Waals surface area (Å²) in [5, 5.41) is 4.73. The number of rotatable bonds is 5. The summed E-state index contributed by atoms with van der Waals surface area (Å²) in [4.78, 5) is 29.5. The van der Waals surface area contributed by atoms with Crippen LogP contribution >= 0.6 is 0 Å². The highest BCUT2D eigenvalue weighted by molar-refractivity contribution is 5.98. The number of hydrogen-bond donors (Lipinski definition) is 0. The number of ether oxygens (including phenoxy) is 2. The third kappa shape index (κ3) is 5.73. The van der Waals surface area contributed by atoms with Crippen LogP contribution in [0.4, 0.5) is 10.5 Å². The maximum Gasteiger partial charge on any atom is 0.410 e. The summed E-state index contributed by atoms with van der Waals surface area (Å²) in [6, 6.07) is 14.0. The van der Waals surface area contributed by atoms with Gasteiger partial charge in [0, 0.05) is 42.4 Å². The molecule has 3 heterocycles. The van der Waals surface area contributed by atoms with E-state index in [0.29, 0.717) is 13.1 Å². The second-order valence-electron chi connectivity index (χ2n) is 12.3. The predicted octanol–water partition coefficient (Wildman–Crippen LogP) is 6.77. The molecule has 1 atom stereocenters. The lowest BCUT2D eigenvalue weighted by Gasteiger charge is -2.36. The fraction of sp³-hybridized carbons (Fsp3) is 0.424. The molecule has 0 radical (unpaired) electrons. The van der Waals surface area contributed by atoms with Gasteiger partial charge in [-0.15, -0.1) is 0 Å². The summed E-state index contributed by atoms with van der Waals surface area (Å²) < 4.78 is 14.0. The number of nitrogens with zero attached hydrogens (tertiary/aromatic N) is 4. The summed E-state index contributed by atoms with van der Waals surface area (Å²) in [5.41, 5.74) is 4.46. The van der Waals surface area contributed by atoms with E-state index in [2.05, 4.69) is 19.1 Å². The highest BCUT2D eigenvalue weighted by Gasteiger charge is 2.39. The molecule has 2 aliphatic heterocycles. The van der Waals surface area contributed by atoms with E-state index in [9.17, 15) is 9.59 Å². The normalized spacial score (nSPS) is 18.9. The Morgan fingerprint density at radius 3 is 2.41 bits per heavy atom. The Labute approximate surface area is 241 Å². The van der Waals surface area contributed by atoms with Crippen LogP contribution in [0.3, 0.4) is 0 Å². The minimum Gasteiger partial charge on any atom is -0.455 e. The monoisotopic (exact) mass is 554 g/mol. The van der Waals surface area contributed by atoms with Gasteiger partial charge in [-0.1, -0.05) is 24.3 Å². The molecule has 8 heteroatoms. The molecular weight excluding hydrogens is 516 g/mol. The number of carbonyl (C=O) groups is 2. The van der Waals surface area contributed by atoms with E-state index in [4.69, 9.17) is 14.6 Å². The van der Waals surface area contributed by atoms with Crippen molar-refractivity contribution in [1.29, 1.82) is 0 Å². The highest BCUT2D eigenvalue weighted by Crippen LogP contribution is 2.44. The van der Waals surface area contributed by atoms with Crippen LogP contribution in [-0.2, 0) is 16.0 Å². The minimum atomic E-state index is -0.517. The lowest BCUT2D eigenvalue weighted by atomic mass is 9.94. The number of aromatic nitrogens is 2. The molecule has 0 saturated heterocycles. The van der Waals surface area contributed by atoms with Crippen molar-refractivity contribution >= 4 is 23.3 Å². The van der Waals surface area contributed by atoms with Crippen LogP contribution < -0.4 is 9.64 Å². The van der Waals surface area contributed by atoms with Crippen molar-refractivity contribution in [3.8, 4) is 17.2 Å². The summed E-state index contributed by atoms with van der Waals surface area (Å²) in [6.07, 6.45) is 10.0. The molecule has 1 aromatic heterocycles. The zero-order valence-electron chi connectivity index (χ0n) is 24.3.